The number of aryl methyl sites for hydroxylation is 2. The summed E-state index contributed by atoms with van der Waals surface area (Å²) in [5, 5.41) is 0. The van der Waals surface area contributed by atoms with E-state index in [1.807, 2.05) is 36.9 Å². The molecule has 1 aliphatic rings. The molecule has 1 saturated heterocycles. The van der Waals surface area contributed by atoms with Gasteiger partial charge < -0.3 is 9.64 Å². The van der Waals surface area contributed by atoms with Crippen LogP contribution in [0.1, 0.15) is 44.9 Å². The number of ether oxygens (including phenoxy) is 1. The minimum atomic E-state index is 0.0798. The number of ketones is 1. The number of amides is 1. The van der Waals surface area contributed by atoms with Crippen molar-refractivity contribution in [3.05, 3.63) is 51.2 Å². The summed E-state index contributed by atoms with van der Waals surface area (Å²) in [5.41, 5.74) is 2.03. The van der Waals surface area contributed by atoms with Gasteiger partial charge in [-0.25, -0.2) is 0 Å². The van der Waals surface area contributed by atoms with E-state index in [-0.39, 0.29) is 11.7 Å². The van der Waals surface area contributed by atoms with Crippen molar-refractivity contribution >= 4 is 23.0 Å². The van der Waals surface area contributed by atoms with Crippen LogP contribution < -0.4 is 4.74 Å². The Morgan fingerprint density at radius 3 is 2.45 bits per heavy atom. The summed E-state index contributed by atoms with van der Waals surface area (Å²) in [7, 11) is 1.67. The number of hydrogen-bond donors (Lipinski definition) is 0. The van der Waals surface area contributed by atoms with Gasteiger partial charge in [-0.05, 0) is 44.0 Å². The number of Topliss-reactive ketones (excluding diaryl/α,β-unsaturated/α-hetero) is 1. The number of carbonyl (C=O) groups excluding carboxylic acids is 2. The highest BCUT2D eigenvalue weighted by Crippen LogP contribution is 2.22. The van der Waals surface area contributed by atoms with E-state index in [1.54, 1.807) is 18.4 Å². The van der Waals surface area contributed by atoms with Crippen LogP contribution in [0.4, 0.5) is 0 Å². The lowest BCUT2D eigenvalue weighted by Crippen LogP contribution is -2.35. The maximum Gasteiger partial charge on any atom is 0.223 e. The summed E-state index contributed by atoms with van der Waals surface area (Å²) in [6.45, 7) is 8.17. The summed E-state index contributed by atoms with van der Waals surface area (Å²) >= 11 is 1.64. The molecular weight excluding hydrogens is 384 g/mol. The minimum absolute atomic E-state index is 0.0798. The molecule has 6 heteroatoms. The van der Waals surface area contributed by atoms with Crippen molar-refractivity contribution in [3.8, 4) is 5.75 Å². The predicted molar refractivity (Wildman–Crippen MR) is 117 cm³/mol. The molecule has 5 nitrogen and oxygen atoms in total. The lowest BCUT2D eigenvalue weighted by molar-refractivity contribution is -0.131. The Kier molecular flexibility index (Phi) is 7.45. The van der Waals surface area contributed by atoms with Crippen LogP contribution in [0, 0.1) is 13.8 Å². The standard InChI is InChI=1S/C23H30N2O3S/c1-17-15-21(18(2)29-17)22(26)9-10-23(27)25-12-4-11-24(13-14-25)16-19-5-7-20(28-3)8-6-19/h5-8,15H,4,9-14,16H2,1-3H3. The van der Waals surface area contributed by atoms with Crippen LogP contribution in [0.15, 0.2) is 30.3 Å². The monoisotopic (exact) mass is 414 g/mol. The number of thiophene rings is 1. The summed E-state index contributed by atoms with van der Waals surface area (Å²) in [6, 6.07) is 10.1. The lowest BCUT2D eigenvalue weighted by Gasteiger charge is -2.22. The molecule has 1 aliphatic heterocycles. The summed E-state index contributed by atoms with van der Waals surface area (Å²) in [5.74, 6) is 1.04. The first-order valence-electron chi connectivity index (χ1n) is 10.2. The molecule has 0 saturated carbocycles. The van der Waals surface area contributed by atoms with Gasteiger partial charge >= 0.3 is 0 Å². The van der Waals surface area contributed by atoms with E-state index in [0.29, 0.717) is 12.8 Å². The molecule has 0 unspecified atom stereocenters. The third-order valence-electron chi connectivity index (χ3n) is 5.41. The van der Waals surface area contributed by atoms with Crippen LogP contribution in [0.25, 0.3) is 0 Å². The number of methoxy groups -OCH3 is 1. The van der Waals surface area contributed by atoms with E-state index < -0.39 is 0 Å². The quantitative estimate of drug-likeness (QED) is 0.641. The molecule has 1 aromatic heterocycles. The van der Waals surface area contributed by atoms with E-state index in [2.05, 4.69) is 17.0 Å². The van der Waals surface area contributed by atoms with Gasteiger partial charge in [0, 0.05) is 60.9 Å². The molecule has 0 aliphatic carbocycles. The van der Waals surface area contributed by atoms with Crippen molar-refractivity contribution in [2.75, 3.05) is 33.3 Å². The fourth-order valence-electron chi connectivity index (χ4n) is 3.79. The molecular formula is C23H30N2O3S. The van der Waals surface area contributed by atoms with Crippen LogP contribution in [-0.2, 0) is 11.3 Å². The van der Waals surface area contributed by atoms with Crippen molar-refractivity contribution in [2.45, 2.75) is 39.7 Å². The highest BCUT2D eigenvalue weighted by Gasteiger charge is 2.21. The number of rotatable bonds is 7. The average molecular weight is 415 g/mol. The SMILES string of the molecule is COc1ccc(CN2CCCN(C(=O)CCC(=O)c3cc(C)sc3C)CC2)cc1. The Balaban J connectivity index is 1.47. The van der Waals surface area contributed by atoms with Gasteiger partial charge in [0.2, 0.25) is 5.91 Å². The fourth-order valence-corrected chi connectivity index (χ4v) is 4.73. The largest absolute Gasteiger partial charge is 0.497 e. The zero-order valence-electron chi connectivity index (χ0n) is 17.6. The smallest absolute Gasteiger partial charge is 0.223 e. The van der Waals surface area contributed by atoms with Gasteiger partial charge in [0.05, 0.1) is 7.11 Å². The normalized spacial score (nSPS) is 15.2. The molecule has 0 spiro atoms. The molecule has 2 heterocycles. The number of hydrogen-bond acceptors (Lipinski definition) is 5. The van der Waals surface area contributed by atoms with Gasteiger partial charge in [-0.3, -0.25) is 14.5 Å². The average Bonchev–Trinajstić information content (AvgIpc) is 2.91. The van der Waals surface area contributed by atoms with Crippen molar-refractivity contribution in [3.63, 3.8) is 0 Å². The lowest BCUT2D eigenvalue weighted by atomic mass is 10.1. The third-order valence-corrected chi connectivity index (χ3v) is 6.38. The van der Waals surface area contributed by atoms with Crippen LogP contribution in [0.2, 0.25) is 0 Å². The molecule has 2 aromatic rings. The number of nitrogens with zero attached hydrogens (tertiary/aromatic N) is 2. The van der Waals surface area contributed by atoms with Crippen LogP contribution in [0.5, 0.6) is 5.75 Å². The molecule has 1 aromatic carbocycles. The topological polar surface area (TPSA) is 49.9 Å². The molecule has 156 valence electrons. The van der Waals surface area contributed by atoms with E-state index in [1.165, 1.54) is 5.56 Å². The van der Waals surface area contributed by atoms with Crippen molar-refractivity contribution < 1.29 is 14.3 Å². The van der Waals surface area contributed by atoms with Crippen LogP contribution in [-0.4, -0.2) is 54.8 Å². The van der Waals surface area contributed by atoms with Crippen LogP contribution >= 0.6 is 11.3 Å². The Bertz CT molecular complexity index is 844. The summed E-state index contributed by atoms with van der Waals surface area (Å²) in [6.07, 6.45) is 1.55. The van der Waals surface area contributed by atoms with Crippen molar-refractivity contribution in [2.24, 2.45) is 0 Å². The van der Waals surface area contributed by atoms with E-state index in [4.69, 9.17) is 4.74 Å². The first-order chi connectivity index (χ1) is 14.0. The van der Waals surface area contributed by atoms with Gasteiger partial charge in [-0.2, -0.15) is 0 Å². The Morgan fingerprint density at radius 1 is 1.03 bits per heavy atom. The Morgan fingerprint density at radius 2 is 1.79 bits per heavy atom. The van der Waals surface area contributed by atoms with Gasteiger partial charge in [-0.1, -0.05) is 12.1 Å². The second kappa shape index (κ2) is 10.0. The van der Waals surface area contributed by atoms with Gasteiger partial charge in [0.25, 0.3) is 0 Å². The van der Waals surface area contributed by atoms with E-state index >= 15 is 0 Å². The Hall–Kier alpha value is -2.18. The third kappa shape index (κ3) is 5.90. The maximum absolute atomic E-state index is 12.7. The second-order valence-corrected chi connectivity index (χ2v) is 9.07. The zero-order chi connectivity index (χ0) is 20.8. The van der Waals surface area contributed by atoms with Gasteiger partial charge in [-0.15, -0.1) is 11.3 Å². The highest BCUT2D eigenvalue weighted by atomic mass is 32.1. The van der Waals surface area contributed by atoms with E-state index in [0.717, 1.165) is 60.2 Å². The molecule has 1 fully saturated rings. The fraction of sp³-hybridized carbons (Fsp3) is 0.478. The highest BCUT2D eigenvalue weighted by molar-refractivity contribution is 7.12. The van der Waals surface area contributed by atoms with Crippen molar-refractivity contribution in [1.82, 2.24) is 9.80 Å². The Labute approximate surface area is 177 Å². The number of benzene rings is 1. The van der Waals surface area contributed by atoms with Crippen molar-refractivity contribution in [1.29, 1.82) is 0 Å². The first kappa shape index (κ1) is 21.5. The molecule has 3 rings (SSSR count). The van der Waals surface area contributed by atoms with Gasteiger partial charge in [0.15, 0.2) is 5.78 Å². The summed E-state index contributed by atoms with van der Waals surface area (Å²) in [4.78, 5) is 31.6. The molecule has 0 atom stereocenters. The number of carbonyl (C=O) groups is 2. The predicted octanol–water partition coefficient (Wildman–Crippen LogP) is 4.07. The van der Waals surface area contributed by atoms with Crippen LogP contribution in [0.3, 0.4) is 0 Å². The molecule has 0 N–H and O–H groups in total. The maximum atomic E-state index is 12.7. The van der Waals surface area contributed by atoms with E-state index in [9.17, 15) is 9.59 Å². The minimum Gasteiger partial charge on any atom is -0.497 e. The second-order valence-electron chi connectivity index (χ2n) is 7.61. The zero-order valence-corrected chi connectivity index (χ0v) is 18.4. The first-order valence-corrected chi connectivity index (χ1v) is 11.0. The molecule has 0 radical (unpaired) electrons. The van der Waals surface area contributed by atoms with Gasteiger partial charge in [0.1, 0.15) is 5.75 Å². The molecule has 1 amide bonds. The molecule has 29 heavy (non-hydrogen) atoms. The molecule has 0 bridgehead atoms. The summed E-state index contributed by atoms with van der Waals surface area (Å²) < 4.78 is 5.21.